The summed E-state index contributed by atoms with van der Waals surface area (Å²) in [6, 6.07) is 11.8. The molecule has 0 heterocycles. The van der Waals surface area contributed by atoms with Crippen LogP contribution >= 0.6 is 23.8 Å². The van der Waals surface area contributed by atoms with E-state index < -0.39 is 0 Å². The number of halogens is 1. The number of hydrogen-bond acceptors (Lipinski definition) is 3. The van der Waals surface area contributed by atoms with Gasteiger partial charge < -0.3 is 19.7 Å². The fourth-order valence-electron chi connectivity index (χ4n) is 2.82. The van der Waals surface area contributed by atoms with Gasteiger partial charge in [0.25, 0.3) is 0 Å². The summed E-state index contributed by atoms with van der Waals surface area (Å²) in [5.74, 6) is 1.51. The topological polar surface area (TPSA) is 33.7 Å². The molecule has 0 atom stereocenters. The van der Waals surface area contributed by atoms with Crippen molar-refractivity contribution in [1.29, 1.82) is 0 Å². The lowest BCUT2D eigenvalue weighted by molar-refractivity contribution is 0.293. The number of ether oxygens (including phenoxy) is 2. The average molecular weight is 421 g/mol. The van der Waals surface area contributed by atoms with E-state index in [9.17, 15) is 0 Å². The molecule has 2 aromatic carbocycles. The number of anilines is 1. The van der Waals surface area contributed by atoms with Crippen molar-refractivity contribution in [3.05, 3.63) is 52.5 Å². The van der Waals surface area contributed by atoms with Gasteiger partial charge in [-0.15, -0.1) is 0 Å². The Kier molecular flexibility index (Phi) is 8.87. The van der Waals surface area contributed by atoms with Crippen LogP contribution < -0.4 is 14.8 Å². The standard InChI is InChI=1S/C22H29ClN2O2S/c1-5-12-25(22(28)24-19-9-7-8-18(23)16(19)3)15-17-10-11-20(27-13-6-2)21(14-17)26-4/h7-11,14H,5-6,12-13,15H2,1-4H3,(H,24,28). The number of nitrogens with one attached hydrogen (secondary N) is 1. The largest absolute Gasteiger partial charge is 0.493 e. The van der Waals surface area contributed by atoms with E-state index in [-0.39, 0.29) is 0 Å². The van der Waals surface area contributed by atoms with Crippen LogP contribution in [0.25, 0.3) is 0 Å². The Hall–Kier alpha value is -1.98. The summed E-state index contributed by atoms with van der Waals surface area (Å²) < 4.78 is 11.2. The highest BCUT2D eigenvalue weighted by Gasteiger charge is 2.13. The fraction of sp³-hybridized carbons (Fsp3) is 0.409. The van der Waals surface area contributed by atoms with E-state index in [0.717, 1.165) is 52.7 Å². The molecule has 0 amide bonds. The van der Waals surface area contributed by atoms with Crippen LogP contribution in [-0.4, -0.2) is 30.3 Å². The third-order valence-corrected chi connectivity index (χ3v) is 5.12. The Labute approximate surface area is 178 Å². The molecule has 1 N–H and O–H groups in total. The van der Waals surface area contributed by atoms with Crippen LogP contribution in [0, 0.1) is 6.92 Å². The predicted molar refractivity (Wildman–Crippen MR) is 122 cm³/mol. The van der Waals surface area contributed by atoms with Gasteiger partial charge in [0.1, 0.15) is 0 Å². The molecule has 2 aromatic rings. The predicted octanol–water partition coefficient (Wildman–Crippen LogP) is 6.05. The van der Waals surface area contributed by atoms with Gasteiger partial charge in [0.05, 0.1) is 13.7 Å². The van der Waals surface area contributed by atoms with Gasteiger partial charge in [0, 0.05) is 23.8 Å². The number of thiocarbonyl (C=S) groups is 1. The number of rotatable bonds is 9. The summed E-state index contributed by atoms with van der Waals surface area (Å²) in [5, 5.41) is 4.74. The van der Waals surface area contributed by atoms with Gasteiger partial charge in [0.2, 0.25) is 0 Å². The summed E-state index contributed by atoms with van der Waals surface area (Å²) >= 11 is 11.9. The lowest BCUT2D eigenvalue weighted by Gasteiger charge is -2.26. The lowest BCUT2D eigenvalue weighted by atomic mass is 10.2. The van der Waals surface area contributed by atoms with Gasteiger partial charge in [-0.05, 0) is 67.4 Å². The second-order valence-corrected chi connectivity index (χ2v) is 7.39. The van der Waals surface area contributed by atoms with Crippen LogP contribution in [0.2, 0.25) is 5.02 Å². The monoisotopic (exact) mass is 420 g/mol. The molecular weight excluding hydrogens is 392 g/mol. The first-order chi connectivity index (χ1) is 13.5. The summed E-state index contributed by atoms with van der Waals surface area (Å²) in [6.07, 6.45) is 1.95. The molecule has 0 radical (unpaired) electrons. The van der Waals surface area contributed by atoms with E-state index in [1.807, 2.05) is 37.3 Å². The van der Waals surface area contributed by atoms with Gasteiger partial charge in [-0.2, -0.15) is 0 Å². The number of hydrogen-bond donors (Lipinski definition) is 1. The molecule has 0 aliphatic carbocycles. The van der Waals surface area contributed by atoms with Crippen molar-refractivity contribution in [2.75, 3.05) is 25.6 Å². The van der Waals surface area contributed by atoms with Crippen molar-refractivity contribution in [3.63, 3.8) is 0 Å². The zero-order valence-corrected chi connectivity index (χ0v) is 18.6. The van der Waals surface area contributed by atoms with E-state index in [1.54, 1.807) is 7.11 Å². The van der Waals surface area contributed by atoms with E-state index in [0.29, 0.717) is 18.3 Å². The normalized spacial score (nSPS) is 10.5. The minimum absolute atomic E-state index is 0.671. The van der Waals surface area contributed by atoms with E-state index >= 15 is 0 Å². The fourth-order valence-corrected chi connectivity index (χ4v) is 3.26. The van der Waals surface area contributed by atoms with Crippen molar-refractivity contribution >= 4 is 34.6 Å². The minimum Gasteiger partial charge on any atom is -0.493 e. The third-order valence-electron chi connectivity index (χ3n) is 4.35. The highest BCUT2D eigenvalue weighted by molar-refractivity contribution is 7.80. The second kappa shape index (κ2) is 11.1. The Bertz CT molecular complexity index is 798. The van der Waals surface area contributed by atoms with E-state index in [4.69, 9.17) is 33.3 Å². The molecule has 152 valence electrons. The summed E-state index contributed by atoms with van der Waals surface area (Å²) in [5.41, 5.74) is 3.03. The first-order valence-electron chi connectivity index (χ1n) is 9.60. The van der Waals surface area contributed by atoms with Gasteiger partial charge in [-0.1, -0.05) is 37.6 Å². The maximum atomic E-state index is 6.23. The van der Waals surface area contributed by atoms with Crippen molar-refractivity contribution in [2.45, 2.75) is 40.2 Å². The van der Waals surface area contributed by atoms with Crippen molar-refractivity contribution < 1.29 is 9.47 Å². The molecule has 0 bridgehead atoms. The lowest BCUT2D eigenvalue weighted by Crippen LogP contribution is -2.35. The molecule has 2 rings (SSSR count). The van der Waals surface area contributed by atoms with Gasteiger partial charge in [0.15, 0.2) is 16.6 Å². The van der Waals surface area contributed by atoms with Gasteiger partial charge >= 0.3 is 0 Å². The first kappa shape index (κ1) is 22.3. The zero-order chi connectivity index (χ0) is 20.5. The highest BCUT2D eigenvalue weighted by Crippen LogP contribution is 2.29. The van der Waals surface area contributed by atoms with Crippen molar-refractivity contribution in [1.82, 2.24) is 4.90 Å². The second-order valence-electron chi connectivity index (χ2n) is 6.60. The minimum atomic E-state index is 0.671. The smallest absolute Gasteiger partial charge is 0.173 e. The number of benzene rings is 2. The Balaban J connectivity index is 2.15. The van der Waals surface area contributed by atoms with Crippen LogP contribution in [0.5, 0.6) is 11.5 Å². The van der Waals surface area contributed by atoms with Crippen LogP contribution in [0.3, 0.4) is 0 Å². The van der Waals surface area contributed by atoms with Crippen LogP contribution in [0.1, 0.15) is 37.8 Å². The molecule has 0 saturated carbocycles. The Morgan fingerprint density at radius 3 is 2.61 bits per heavy atom. The Morgan fingerprint density at radius 1 is 1.14 bits per heavy atom. The molecule has 0 aromatic heterocycles. The first-order valence-corrected chi connectivity index (χ1v) is 10.4. The average Bonchev–Trinajstić information content (AvgIpc) is 2.69. The third kappa shape index (κ3) is 6.01. The Morgan fingerprint density at radius 2 is 1.93 bits per heavy atom. The quantitative estimate of drug-likeness (QED) is 0.499. The summed E-state index contributed by atoms with van der Waals surface area (Å²) in [7, 11) is 1.66. The molecule has 28 heavy (non-hydrogen) atoms. The zero-order valence-electron chi connectivity index (χ0n) is 17.0. The van der Waals surface area contributed by atoms with Gasteiger partial charge in [-0.3, -0.25) is 0 Å². The van der Waals surface area contributed by atoms with E-state index in [1.165, 1.54) is 0 Å². The molecule has 0 unspecified atom stereocenters. The number of methoxy groups -OCH3 is 1. The molecule has 0 aliphatic rings. The SMILES string of the molecule is CCCOc1ccc(CN(CCC)C(=S)Nc2cccc(Cl)c2C)cc1OC. The maximum Gasteiger partial charge on any atom is 0.173 e. The molecule has 0 aliphatic heterocycles. The van der Waals surface area contributed by atoms with E-state index in [2.05, 4.69) is 30.1 Å². The molecule has 6 heteroatoms. The van der Waals surface area contributed by atoms with Crippen LogP contribution in [-0.2, 0) is 6.54 Å². The van der Waals surface area contributed by atoms with Crippen molar-refractivity contribution in [2.24, 2.45) is 0 Å². The molecular formula is C22H29ClN2O2S. The molecule has 0 spiro atoms. The molecule has 4 nitrogen and oxygen atoms in total. The van der Waals surface area contributed by atoms with Crippen LogP contribution in [0.15, 0.2) is 36.4 Å². The maximum absolute atomic E-state index is 6.23. The van der Waals surface area contributed by atoms with Crippen molar-refractivity contribution in [3.8, 4) is 11.5 Å². The highest BCUT2D eigenvalue weighted by atomic mass is 35.5. The summed E-state index contributed by atoms with van der Waals surface area (Å²) in [6.45, 7) is 8.41. The summed E-state index contributed by atoms with van der Waals surface area (Å²) in [4.78, 5) is 2.15. The van der Waals surface area contributed by atoms with Crippen LogP contribution in [0.4, 0.5) is 5.69 Å². The molecule has 0 fully saturated rings. The molecule has 0 saturated heterocycles. The van der Waals surface area contributed by atoms with Gasteiger partial charge in [-0.25, -0.2) is 0 Å². The number of nitrogens with zero attached hydrogens (tertiary/aromatic N) is 1.